The Hall–Kier alpha value is -3.55. The van der Waals surface area contributed by atoms with Gasteiger partial charge in [0, 0.05) is 12.4 Å². The maximum Gasteiger partial charge on any atom is 0.173 e. The third kappa shape index (κ3) is 1.97. The SMILES string of the molecule is c1ccc(-n2ncc3c2ncn2nc(Cn4cccn4)nc32)cc1. The van der Waals surface area contributed by atoms with Crippen LogP contribution in [0.2, 0.25) is 0 Å². The molecule has 0 amide bonds. The summed E-state index contributed by atoms with van der Waals surface area (Å²) in [5, 5.41) is 14.0. The van der Waals surface area contributed by atoms with E-state index in [4.69, 9.17) is 0 Å². The van der Waals surface area contributed by atoms with E-state index in [1.807, 2.05) is 42.6 Å². The number of hydrogen-bond acceptors (Lipinski definition) is 5. The van der Waals surface area contributed by atoms with Crippen LogP contribution < -0.4 is 0 Å². The summed E-state index contributed by atoms with van der Waals surface area (Å²) in [4.78, 5) is 9.11. The summed E-state index contributed by atoms with van der Waals surface area (Å²) in [5.74, 6) is 0.681. The van der Waals surface area contributed by atoms with Crippen LogP contribution in [0.1, 0.15) is 5.82 Å². The minimum Gasteiger partial charge on any atom is -0.265 e. The Balaban J connectivity index is 1.65. The molecule has 0 aliphatic rings. The van der Waals surface area contributed by atoms with Gasteiger partial charge in [-0.25, -0.2) is 19.2 Å². The molecule has 0 bridgehead atoms. The quantitative estimate of drug-likeness (QED) is 0.506. The van der Waals surface area contributed by atoms with Gasteiger partial charge in [-0.1, -0.05) is 18.2 Å². The largest absolute Gasteiger partial charge is 0.265 e. The molecule has 0 saturated carbocycles. The van der Waals surface area contributed by atoms with Crippen LogP contribution in [0.25, 0.3) is 22.4 Å². The molecule has 0 fully saturated rings. The minimum atomic E-state index is 0.517. The molecular formula is C16H12N8. The molecule has 0 aliphatic heterocycles. The second kappa shape index (κ2) is 4.98. The molecule has 1 aromatic carbocycles. The van der Waals surface area contributed by atoms with E-state index in [1.165, 1.54) is 0 Å². The number of fused-ring (bicyclic) bond motifs is 3. The summed E-state index contributed by atoms with van der Waals surface area (Å²) in [6.45, 7) is 0.517. The van der Waals surface area contributed by atoms with Crippen molar-refractivity contribution in [2.24, 2.45) is 0 Å². The number of benzene rings is 1. The molecule has 24 heavy (non-hydrogen) atoms. The lowest BCUT2D eigenvalue weighted by molar-refractivity contribution is 0.653. The highest BCUT2D eigenvalue weighted by Crippen LogP contribution is 2.19. The highest BCUT2D eigenvalue weighted by molar-refractivity contribution is 5.89. The topological polar surface area (TPSA) is 78.7 Å². The summed E-state index contributed by atoms with van der Waals surface area (Å²) >= 11 is 0. The van der Waals surface area contributed by atoms with Gasteiger partial charge >= 0.3 is 0 Å². The van der Waals surface area contributed by atoms with E-state index >= 15 is 0 Å². The fraction of sp³-hybridized carbons (Fsp3) is 0.0625. The lowest BCUT2D eigenvalue weighted by atomic mass is 10.3. The third-order valence-corrected chi connectivity index (χ3v) is 3.81. The predicted molar refractivity (Wildman–Crippen MR) is 86.7 cm³/mol. The smallest absolute Gasteiger partial charge is 0.173 e. The molecule has 116 valence electrons. The number of aromatic nitrogens is 8. The first-order chi connectivity index (χ1) is 11.9. The zero-order valence-electron chi connectivity index (χ0n) is 12.6. The Morgan fingerprint density at radius 1 is 0.958 bits per heavy atom. The van der Waals surface area contributed by atoms with Crippen LogP contribution in [0, 0.1) is 0 Å². The Kier molecular flexibility index (Phi) is 2.69. The molecule has 0 spiro atoms. The Morgan fingerprint density at radius 3 is 2.71 bits per heavy atom. The van der Waals surface area contributed by atoms with Crippen LogP contribution in [0.15, 0.2) is 61.3 Å². The van der Waals surface area contributed by atoms with Crippen molar-refractivity contribution in [2.75, 3.05) is 0 Å². The summed E-state index contributed by atoms with van der Waals surface area (Å²) in [7, 11) is 0. The Morgan fingerprint density at radius 2 is 1.88 bits per heavy atom. The Bertz CT molecular complexity index is 1120. The highest BCUT2D eigenvalue weighted by Gasteiger charge is 2.13. The van der Waals surface area contributed by atoms with Crippen molar-refractivity contribution in [1.29, 1.82) is 0 Å². The van der Waals surface area contributed by atoms with E-state index in [-0.39, 0.29) is 0 Å². The molecule has 0 atom stereocenters. The van der Waals surface area contributed by atoms with Crippen LogP contribution in [-0.2, 0) is 6.54 Å². The summed E-state index contributed by atoms with van der Waals surface area (Å²) < 4.78 is 5.27. The highest BCUT2D eigenvalue weighted by atomic mass is 15.4. The van der Waals surface area contributed by atoms with Gasteiger partial charge in [-0.15, -0.1) is 5.10 Å². The molecule has 0 saturated heterocycles. The van der Waals surface area contributed by atoms with Crippen molar-refractivity contribution in [2.45, 2.75) is 6.54 Å². The number of nitrogens with zero attached hydrogens (tertiary/aromatic N) is 8. The minimum absolute atomic E-state index is 0.517. The average Bonchev–Trinajstić information content (AvgIpc) is 3.34. The number of hydrogen-bond donors (Lipinski definition) is 0. The van der Waals surface area contributed by atoms with E-state index in [0.717, 1.165) is 22.4 Å². The second-order valence-corrected chi connectivity index (χ2v) is 5.37. The molecule has 0 aliphatic carbocycles. The maximum atomic E-state index is 4.62. The van der Waals surface area contributed by atoms with E-state index in [9.17, 15) is 0 Å². The van der Waals surface area contributed by atoms with Gasteiger partial charge in [-0.05, 0) is 18.2 Å². The molecule has 0 radical (unpaired) electrons. The van der Waals surface area contributed by atoms with Crippen molar-refractivity contribution in [1.82, 2.24) is 39.1 Å². The first-order valence-electron chi connectivity index (χ1n) is 7.49. The standard InChI is InChI=1S/C16H12N8/c1-2-5-12(6-3-1)24-15-13(9-19-24)16-20-14(21-23(16)11-17-15)10-22-8-4-7-18-22/h1-9,11H,10H2. The fourth-order valence-electron chi connectivity index (χ4n) is 2.73. The molecule has 5 aromatic rings. The zero-order valence-corrected chi connectivity index (χ0v) is 12.6. The normalized spacial score (nSPS) is 11.5. The molecule has 4 aromatic heterocycles. The van der Waals surface area contributed by atoms with Crippen molar-refractivity contribution < 1.29 is 0 Å². The van der Waals surface area contributed by atoms with Gasteiger partial charge < -0.3 is 0 Å². The van der Waals surface area contributed by atoms with E-state index in [0.29, 0.717) is 12.4 Å². The molecule has 4 heterocycles. The zero-order chi connectivity index (χ0) is 15.9. The summed E-state index contributed by atoms with van der Waals surface area (Å²) in [6.07, 6.45) is 7.06. The van der Waals surface area contributed by atoms with E-state index in [1.54, 1.807) is 32.6 Å². The molecular weight excluding hydrogens is 304 g/mol. The van der Waals surface area contributed by atoms with Crippen LogP contribution in [-0.4, -0.2) is 39.1 Å². The van der Waals surface area contributed by atoms with Crippen LogP contribution in [0.4, 0.5) is 0 Å². The van der Waals surface area contributed by atoms with Gasteiger partial charge in [0.25, 0.3) is 0 Å². The molecule has 0 unspecified atom stereocenters. The first kappa shape index (κ1) is 12.9. The molecule has 5 rings (SSSR count). The van der Waals surface area contributed by atoms with Crippen molar-refractivity contribution in [3.8, 4) is 5.69 Å². The molecule has 8 heteroatoms. The van der Waals surface area contributed by atoms with Gasteiger partial charge in [0.15, 0.2) is 17.1 Å². The third-order valence-electron chi connectivity index (χ3n) is 3.81. The molecule has 8 nitrogen and oxygen atoms in total. The number of rotatable bonds is 3. The number of para-hydroxylation sites is 1. The predicted octanol–water partition coefficient (Wildman–Crippen LogP) is 1.71. The van der Waals surface area contributed by atoms with Crippen LogP contribution in [0.3, 0.4) is 0 Å². The van der Waals surface area contributed by atoms with Crippen molar-refractivity contribution >= 4 is 16.7 Å². The second-order valence-electron chi connectivity index (χ2n) is 5.37. The first-order valence-corrected chi connectivity index (χ1v) is 7.49. The summed E-state index contributed by atoms with van der Waals surface area (Å²) in [6, 6.07) is 11.8. The van der Waals surface area contributed by atoms with Gasteiger partial charge in [0.2, 0.25) is 0 Å². The monoisotopic (exact) mass is 316 g/mol. The summed E-state index contributed by atoms with van der Waals surface area (Å²) in [5.41, 5.74) is 2.46. The van der Waals surface area contributed by atoms with E-state index < -0.39 is 0 Å². The lowest BCUT2D eigenvalue weighted by Crippen LogP contribution is -2.02. The maximum absolute atomic E-state index is 4.62. The van der Waals surface area contributed by atoms with Crippen molar-refractivity contribution in [3.05, 3.63) is 67.1 Å². The van der Waals surface area contributed by atoms with E-state index in [2.05, 4.69) is 25.3 Å². The Labute approximate surface area is 136 Å². The molecule has 0 N–H and O–H groups in total. The van der Waals surface area contributed by atoms with Gasteiger partial charge in [0.05, 0.1) is 17.3 Å². The van der Waals surface area contributed by atoms with Gasteiger partial charge in [0.1, 0.15) is 12.9 Å². The van der Waals surface area contributed by atoms with Gasteiger partial charge in [-0.2, -0.15) is 10.2 Å². The fourth-order valence-corrected chi connectivity index (χ4v) is 2.73. The van der Waals surface area contributed by atoms with Crippen LogP contribution in [0.5, 0.6) is 0 Å². The lowest BCUT2D eigenvalue weighted by Gasteiger charge is -2.01. The van der Waals surface area contributed by atoms with Crippen LogP contribution >= 0.6 is 0 Å². The van der Waals surface area contributed by atoms with Gasteiger partial charge in [-0.3, -0.25) is 4.68 Å². The van der Waals surface area contributed by atoms with Crippen molar-refractivity contribution in [3.63, 3.8) is 0 Å². The average molecular weight is 316 g/mol.